The molecule has 2 aromatic carbocycles. The lowest BCUT2D eigenvalue weighted by Crippen LogP contribution is -2.49. The van der Waals surface area contributed by atoms with Gasteiger partial charge in [-0.1, -0.05) is 30.3 Å². The maximum absolute atomic E-state index is 12.7. The van der Waals surface area contributed by atoms with E-state index >= 15 is 0 Å². The van der Waals surface area contributed by atoms with E-state index in [9.17, 15) is 4.79 Å². The molecule has 1 heterocycles. The largest absolute Gasteiger partial charge is 0.368 e. The van der Waals surface area contributed by atoms with Gasteiger partial charge in [0.25, 0.3) is 5.91 Å². The monoisotopic (exact) mass is 372 g/mol. The summed E-state index contributed by atoms with van der Waals surface area (Å²) in [6.45, 7) is 7.58. The number of halogens is 1. The zero-order valence-corrected chi connectivity index (χ0v) is 15.1. The molecule has 1 aliphatic rings. The van der Waals surface area contributed by atoms with Crippen molar-refractivity contribution in [2.24, 2.45) is 0 Å². The SMILES string of the molecule is Cc1cccc(C)c1N1CCN(C(=O)c2ccccc2Br)CC1. The molecule has 3 rings (SSSR count). The van der Waals surface area contributed by atoms with E-state index in [4.69, 9.17) is 0 Å². The number of carbonyl (C=O) groups excluding carboxylic acids is 1. The zero-order valence-electron chi connectivity index (χ0n) is 13.6. The normalized spacial score (nSPS) is 14.9. The number of amides is 1. The van der Waals surface area contributed by atoms with Gasteiger partial charge in [0.05, 0.1) is 5.56 Å². The molecule has 120 valence electrons. The van der Waals surface area contributed by atoms with E-state index < -0.39 is 0 Å². The molecule has 0 bridgehead atoms. The standard InChI is InChI=1S/C19H21BrN2O/c1-14-6-5-7-15(2)18(14)21-10-12-22(13-11-21)19(23)16-8-3-4-9-17(16)20/h3-9H,10-13H2,1-2H3. The smallest absolute Gasteiger partial charge is 0.255 e. The second kappa shape index (κ2) is 6.75. The average molecular weight is 373 g/mol. The fraction of sp³-hybridized carbons (Fsp3) is 0.316. The van der Waals surface area contributed by atoms with Crippen molar-refractivity contribution in [2.75, 3.05) is 31.1 Å². The highest BCUT2D eigenvalue weighted by Gasteiger charge is 2.24. The van der Waals surface area contributed by atoms with E-state index in [2.05, 4.69) is 52.9 Å². The van der Waals surface area contributed by atoms with E-state index in [1.54, 1.807) is 0 Å². The first-order valence-corrected chi connectivity index (χ1v) is 8.72. The van der Waals surface area contributed by atoms with Gasteiger partial charge in [0.15, 0.2) is 0 Å². The highest BCUT2D eigenvalue weighted by atomic mass is 79.9. The van der Waals surface area contributed by atoms with Crippen LogP contribution in [0.1, 0.15) is 21.5 Å². The molecule has 0 spiro atoms. The van der Waals surface area contributed by atoms with Gasteiger partial charge >= 0.3 is 0 Å². The van der Waals surface area contributed by atoms with Crippen LogP contribution in [0, 0.1) is 13.8 Å². The molecule has 4 heteroatoms. The molecule has 23 heavy (non-hydrogen) atoms. The molecule has 0 aliphatic carbocycles. The van der Waals surface area contributed by atoms with Gasteiger partial charge in [-0.3, -0.25) is 4.79 Å². The van der Waals surface area contributed by atoms with Gasteiger partial charge < -0.3 is 9.80 Å². The maximum atomic E-state index is 12.7. The van der Waals surface area contributed by atoms with E-state index in [1.807, 2.05) is 29.2 Å². The first-order chi connectivity index (χ1) is 11.1. The molecule has 0 unspecified atom stereocenters. The zero-order chi connectivity index (χ0) is 16.4. The topological polar surface area (TPSA) is 23.6 Å². The van der Waals surface area contributed by atoms with Crippen LogP contribution < -0.4 is 4.90 Å². The molecule has 0 radical (unpaired) electrons. The number of piperazine rings is 1. The quantitative estimate of drug-likeness (QED) is 0.794. The summed E-state index contributed by atoms with van der Waals surface area (Å²) < 4.78 is 0.863. The van der Waals surface area contributed by atoms with Crippen molar-refractivity contribution in [3.05, 3.63) is 63.6 Å². The fourth-order valence-corrected chi connectivity index (χ4v) is 3.70. The summed E-state index contributed by atoms with van der Waals surface area (Å²) in [5, 5.41) is 0. The summed E-state index contributed by atoms with van der Waals surface area (Å²) in [7, 11) is 0. The van der Waals surface area contributed by atoms with Crippen molar-refractivity contribution in [1.29, 1.82) is 0 Å². The Morgan fingerprint density at radius 1 is 0.913 bits per heavy atom. The van der Waals surface area contributed by atoms with E-state index in [-0.39, 0.29) is 5.91 Å². The molecule has 1 saturated heterocycles. The lowest BCUT2D eigenvalue weighted by molar-refractivity contribution is 0.0746. The van der Waals surface area contributed by atoms with Crippen molar-refractivity contribution in [2.45, 2.75) is 13.8 Å². The van der Waals surface area contributed by atoms with Gasteiger partial charge in [0, 0.05) is 36.3 Å². The predicted molar refractivity (Wildman–Crippen MR) is 98.2 cm³/mol. The first-order valence-electron chi connectivity index (χ1n) is 7.93. The molecule has 1 fully saturated rings. The van der Waals surface area contributed by atoms with E-state index in [0.29, 0.717) is 0 Å². The van der Waals surface area contributed by atoms with Gasteiger partial charge in [-0.05, 0) is 53.0 Å². The lowest BCUT2D eigenvalue weighted by atomic mass is 10.1. The van der Waals surface area contributed by atoms with Crippen LogP contribution in [-0.4, -0.2) is 37.0 Å². The summed E-state index contributed by atoms with van der Waals surface area (Å²) >= 11 is 3.47. The molecule has 0 N–H and O–H groups in total. The van der Waals surface area contributed by atoms with Crippen molar-refractivity contribution in [3.63, 3.8) is 0 Å². The average Bonchev–Trinajstić information content (AvgIpc) is 2.55. The minimum atomic E-state index is 0.110. The minimum absolute atomic E-state index is 0.110. The fourth-order valence-electron chi connectivity index (χ4n) is 3.24. The van der Waals surface area contributed by atoms with E-state index in [1.165, 1.54) is 16.8 Å². The van der Waals surface area contributed by atoms with Crippen LogP contribution in [0.15, 0.2) is 46.9 Å². The Morgan fingerprint density at radius 2 is 1.52 bits per heavy atom. The molecule has 2 aromatic rings. The number of carbonyl (C=O) groups is 1. The Balaban J connectivity index is 1.72. The minimum Gasteiger partial charge on any atom is -0.368 e. The van der Waals surface area contributed by atoms with Crippen molar-refractivity contribution in [3.8, 4) is 0 Å². The molecule has 0 atom stereocenters. The molecule has 1 amide bonds. The second-order valence-electron chi connectivity index (χ2n) is 6.00. The second-order valence-corrected chi connectivity index (χ2v) is 6.85. The summed E-state index contributed by atoms with van der Waals surface area (Å²) in [5.74, 6) is 0.110. The number of benzene rings is 2. The Kier molecular flexibility index (Phi) is 4.71. The summed E-state index contributed by atoms with van der Waals surface area (Å²) in [4.78, 5) is 17.0. The van der Waals surface area contributed by atoms with Crippen molar-refractivity contribution >= 4 is 27.5 Å². The molecule has 3 nitrogen and oxygen atoms in total. The van der Waals surface area contributed by atoms with Crippen molar-refractivity contribution in [1.82, 2.24) is 4.90 Å². The summed E-state index contributed by atoms with van der Waals surface area (Å²) in [5.41, 5.74) is 4.67. The summed E-state index contributed by atoms with van der Waals surface area (Å²) in [6.07, 6.45) is 0. The van der Waals surface area contributed by atoms with Gasteiger partial charge in [0.2, 0.25) is 0 Å². The highest BCUT2D eigenvalue weighted by Crippen LogP contribution is 2.26. The van der Waals surface area contributed by atoms with Gasteiger partial charge in [-0.2, -0.15) is 0 Å². The number of aryl methyl sites for hydroxylation is 2. The maximum Gasteiger partial charge on any atom is 0.255 e. The Hall–Kier alpha value is -1.81. The van der Waals surface area contributed by atoms with Gasteiger partial charge in [-0.25, -0.2) is 0 Å². The number of hydrogen-bond acceptors (Lipinski definition) is 2. The highest BCUT2D eigenvalue weighted by molar-refractivity contribution is 9.10. The molecule has 0 saturated carbocycles. The Bertz CT molecular complexity index is 701. The van der Waals surface area contributed by atoms with Crippen LogP contribution in [0.5, 0.6) is 0 Å². The molecule has 0 aromatic heterocycles. The number of para-hydroxylation sites is 1. The van der Waals surface area contributed by atoms with Gasteiger partial charge in [0.1, 0.15) is 0 Å². The number of rotatable bonds is 2. The molecular formula is C19H21BrN2O. The van der Waals surface area contributed by atoms with Crippen LogP contribution in [0.2, 0.25) is 0 Å². The number of anilines is 1. The predicted octanol–water partition coefficient (Wildman–Crippen LogP) is 4.03. The van der Waals surface area contributed by atoms with Gasteiger partial charge in [-0.15, -0.1) is 0 Å². The van der Waals surface area contributed by atoms with Crippen LogP contribution in [0.3, 0.4) is 0 Å². The summed E-state index contributed by atoms with van der Waals surface area (Å²) in [6, 6.07) is 14.0. The Morgan fingerprint density at radius 3 is 2.13 bits per heavy atom. The third-order valence-corrected chi connectivity index (χ3v) is 5.12. The molecule has 1 aliphatic heterocycles. The van der Waals surface area contributed by atoms with Crippen LogP contribution in [-0.2, 0) is 0 Å². The van der Waals surface area contributed by atoms with Crippen LogP contribution >= 0.6 is 15.9 Å². The Labute approximate surface area is 146 Å². The van der Waals surface area contributed by atoms with Crippen molar-refractivity contribution < 1.29 is 4.79 Å². The lowest BCUT2D eigenvalue weighted by Gasteiger charge is -2.37. The number of nitrogens with zero attached hydrogens (tertiary/aromatic N) is 2. The van der Waals surface area contributed by atoms with E-state index in [0.717, 1.165) is 36.2 Å². The third kappa shape index (κ3) is 3.27. The third-order valence-electron chi connectivity index (χ3n) is 4.43. The first kappa shape index (κ1) is 16.1. The molecular weight excluding hydrogens is 352 g/mol. The van der Waals surface area contributed by atoms with Crippen LogP contribution in [0.4, 0.5) is 5.69 Å². The van der Waals surface area contributed by atoms with Crippen LogP contribution in [0.25, 0.3) is 0 Å². The number of hydrogen-bond donors (Lipinski definition) is 0.